The van der Waals surface area contributed by atoms with Crippen LogP contribution >= 0.6 is 0 Å². The SMILES string of the molecule is C=CCN(Cc1ccccc1)C(=O)C1N([C@@H](CO)Cc2ccccc2)C(=O)[C@@H]2[C@H](C(=O)N(CC=C)Cc3ccccc3)[C@]3(CC)CCC12O3. The molecule has 2 unspecified atom stereocenters. The van der Waals surface area contributed by atoms with Crippen molar-refractivity contribution in [1.82, 2.24) is 14.7 Å². The predicted octanol–water partition coefficient (Wildman–Crippen LogP) is 5.17. The zero-order valence-electron chi connectivity index (χ0n) is 28.3. The van der Waals surface area contributed by atoms with Gasteiger partial charge in [-0.1, -0.05) is 110 Å². The molecule has 6 rings (SSSR count). The first kappa shape index (κ1) is 34.3. The van der Waals surface area contributed by atoms with Crippen LogP contribution in [-0.2, 0) is 38.6 Å². The summed E-state index contributed by atoms with van der Waals surface area (Å²) < 4.78 is 7.10. The standard InChI is InChI=1S/C41H47N3O5/c1-4-24-42(27-31-18-12-8-13-19-31)37(46)34-35-38(47)44(33(29-45)26-30-16-10-7-11-17-30)36(41(35)23-22-40(34,6-3)49-41)39(48)43(25-5-2)28-32-20-14-9-15-21-32/h4-5,7-21,33-36,45H,1-2,6,22-29H2,3H3/t33-,34-,35+,36?,40+,41?/m1/s1. The van der Waals surface area contributed by atoms with Gasteiger partial charge in [0.25, 0.3) is 0 Å². The Labute approximate surface area is 289 Å². The van der Waals surface area contributed by atoms with E-state index >= 15 is 9.59 Å². The number of likely N-dealkylation sites (tertiary alicyclic amines) is 1. The molecule has 3 aromatic rings. The lowest BCUT2D eigenvalue weighted by Crippen LogP contribution is -2.59. The number of carbonyl (C=O) groups excluding carboxylic acids is 3. The molecule has 0 saturated carbocycles. The molecule has 1 N–H and O–H groups in total. The minimum atomic E-state index is -1.22. The van der Waals surface area contributed by atoms with Gasteiger partial charge in [-0.3, -0.25) is 14.4 Å². The second-order valence-electron chi connectivity index (χ2n) is 13.6. The number of fused-ring (bicyclic) bond motifs is 1. The summed E-state index contributed by atoms with van der Waals surface area (Å²) in [7, 11) is 0. The molecule has 1 spiro atoms. The maximum Gasteiger partial charge on any atom is 0.249 e. The van der Waals surface area contributed by atoms with Crippen molar-refractivity contribution < 1.29 is 24.2 Å². The number of hydrogen-bond donors (Lipinski definition) is 1. The maximum atomic E-state index is 15.1. The molecule has 3 aliphatic heterocycles. The fourth-order valence-corrected chi connectivity index (χ4v) is 8.59. The molecule has 3 aromatic carbocycles. The van der Waals surface area contributed by atoms with Crippen molar-refractivity contribution in [2.75, 3.05) is 19.7 Å². The van der Waals surface area contributed by atoms with Crippen LogP contribution < -0.4 is 0 Å². The molecule has 0 aromatic heterocycles. The van der Waals surface area contributed by atoms with E-state index in [1.807, 2.05) is 97.9 Å². The van der Waals surface area contributed by atoms with Crippen LogP contribution in [0.3, 0.4) is 0 Å². The van der Waals surface area contributed by atoms with E-state index in [0.717, 1.165) is 16.7 Å². The smallest absolute Gasteiger partial charge is 0.249 e. The lowest BCUT2D eigenvalue weighted by atomic mass is 9.64. The first-order valence-corrected chi connectivity index (χ1v) is 17.4. The number of nitrogens with zero attached hydrogens (tertiary/aromatic N) is 3. The first-order valence-electron chi connectivity index (χ1n) is 17.4. The van der Waals surface area contributed by atoms with E-state index in [1.54, 1.807) is 26.9 Å². The van der Waals surface area contributed by atoms with Crippen LogP contribution in [0.15, 0.2) is 116 Å². The van der Waals surface area contributed by atoms with Gasteiger partial charge in [0.05, 0.1) is 30.1 Å². The van der Waals surface area contributed by atoms with E-state index < -0.39 is 35.1 Å². The summed E-state index contributed by atoms with van der Waals surface area (Å²) in [6.45, 7) is 10.8. The Bertz CT molecular complexity index is 1650. The van der Waals surface area contributed by atoms with E-state index in [4.69, 9.17) is 4.74 Å². The monoisotopic (exact) mass is 661 g/mol. The maximum absolute atomic E-state index is 15.1. The zero-order chi connectivity index (χ0) is 34.6. The van der Waals surface area contributed by atoms with Crippen molar-refractivity contribution in [2.24, 2.45) is 11.8 Å². The second kappa shape index (κ2) is 14.5. The number of ether oxygens (including phenoxy) is 1. The molecule has 0 aliphatic carbocycles. The summed E-state index contributed by atoms with van der Waals surface area (Å²) in [6, 6.07) is 27.4. The number of hydrogen-bond acceptors (Lipinski definition) is 5. The average Bonchev–Trinajstić information content (AvgIpc) is 3.74. The zero-order valence-corrected chi connectivity index (χ0v) is 28.3. The normalized spacial score (nSPS) is 25.9. The van der Waals surface area contributed by atoms with Gasteiger partial charge in [-0.25, -0.2) is 0 Å². The number of carbonyl (C=O) groups is 3. The molecule has 2 bridgehead atoms. The topological polar surface area (TPSA) is 90.4 Å². The van der Waals surface area contributed by atoms with Gasteiger partial charge in [0, 0.05) is 26.2 Å². The van der Waals surface area contributed by atoms with Crippen LogP contribution in [0.2, 0.25) is 0 Å². The van der Waals surface area contributed by atoms with Gasteiger partial charge in [0.1, 0.15) is 11.6 Å². The van der Waals surface area contributed by atoms with E-state index in [2.05, 4.69) is 13.2 Å². The van der Waals surface area contributed by atoms with Gasteiger partial charge in [-0.2, -0.15) is 0 Å². The van der Waals surface area contributed by atoms with Crippen molar-refractivity contribution in [3.63, 3.8) is 0 Å². The first-order chi connectivity index (χ1) is 23.8. The van der Waals surface area contributed by atoms with Gasteiger partial charge < -0.3 is 24.5 Å². The fraction of sp³-hybridized carbons (Fsp3) is 0.390. The quantitative estimate of drug-likeness (QED) is 0.227. The fourth-order valence-electron chi connectivity index (χ4n) is 8.59. The minimum Gasteiger partial charge on any atom is -0.394 e. The van der Waals surface area contributed by atoms with Crippen molar-refractivity contribution in [2.45, 2.75) is 69.0 Å². The van der Waals surface area contributed by atoms with Crippen LogP contribution in [0.4, 0.5) is 0 Å². The molecule has 0 radical (unpaired) electrons. The number of amides is 3. The van der Waals surface area contributed by atoms with Gasteiger partial charge >= 0.3 is 0 Å². The summed E-state index contributed by atoms with van der Waals surface area (Å²) in [4.78, 5) is 50.0. The number of aliphatic hydroxyl groups excluding tert-OH is 1. The Kier molecular flexibility index (Phi) is 10.2. The van der Waals surface area contributed by atoms with Crippen molar-refractivity contribution in [3.8, 4) is 0 Å². The lowest BCUT2D eigenvalue weighted by Gasteiger charge is -2.39. The Morgan fingerprint density at radius 1 is 0.857 bits per heavy atom. The number of aliphatic hydroxyl groups is 1. The summed E-state index contributed by atoms with van der Waals surface area (Å²) in [5.41, 5.74) is 0.733. The highest BCUT2D eigenvalue weighted by atomic mass is 16.5. The lowest BCUT2D eigenvalue weighted by molar-refractivity contribution is -0.158. The molecule has 8 heteroatoms. The van der Waals surface area contributed by atoms with Crippen molar-refractivity contribution in [1.29, 1.82) is 0 Å². The third kappa shape index (κ3) is 6.24. The van der Waals surface area contributed by atoms with E-state index in [0.29, 0.717) is 45.3 Å². The van der Waals surface area contributed by atoms with Crippen LogP contribution in [-0.4, -0.2) is 80.5 Å². The summed E-state index contributed by atoms with van der Waals surface area (Å²) in [5.74, 6) is -2.41. The highest BCUT2D eigenvalue weighted by Crippen LogP contribution is 2.65. The predicted molar refractivity (Wildman–Crippen MR) is 189 cm³/mol. The van der Waals surface area contributed by atoms with Crippen LogP contribution in [0, 0.1) is 11.8 Å². The third-order valence-electron chi connectivity index (χ3n) is 10.8. The average molecular weight is 662 g/mol. The molecule has 3 saturated heterocycles. The van der Waals surface area contributed by atoms with Crippen LogP contribution in [0.25, 0.3) is 0 Å². The van der Waals surface area contributed by atoms with Crippen LogP contribution in [0.1, 0.15) is 42.9 Å². The van der Waals surface area contributed by atoms with Gasteiger partial charge in [0.2, 0.25) is 17.7 Å². The molecule has 3 amide bonds. The third-order valence-corrected chi connectivity index (χ3v) is 10.8. The van der Waals surface area contributed by atoms with Crippen molar-refractivity contribution >= 4 is 17.7 Å². The summed E-state index contributed by atoms with van der Waals surface area (Å²) in [6.07, 6.45) is 5.29. The molecule has 3 fully saturated rings. The Hall–Kier alpha value is -4.53. The minimum absolute atomic E-state index is 0.172. The molecule has 8 nitrogen and oxygen atoms in total. The van der Waals surface area contributed by atoms with Gasteiger partial charge in [-0.05, 0) is 42.4 Å². The van der Waals surface area contributed by atoms with Gasteiger partial charge in [-0.15, -0.1) is 13.2 Å². The van der Waals surface area contributed by atoms with E-state index in [-0.39, 0.29) is 30.9 Å². The number of rotatable bonds is 15. The molecule has 3 aliphatic rings. The highest BCUT2D eigenvalue weighted by Gasteiger charge is 2.79. The largest absolute Gasteiger partial charge is 0.394 e. The molecular weight excluding hydrogens is 614 g/mol. The Morgan fingerprint density at radius 2 is 1.37 bits per heavy atom. The van der Waals surface area contributed by atoms with E-state index in [9.17, 15) is 9.90 Å². The molecule has 256 valence electrons. The highest BCUT2D eigenvalue weighted by molar-refractivity contribution is 5.99. The van der Waals surface area contributed by atoms with Crippen LogP contribution in [0.5, 0.6) is 0 Å². The molecule has 49 heavy (non-hydrogen) atoms. The summed E-state index contributed by atoms with van der Waals surface area (Å²) >= 11 is 0. The summed E-state index contributed by atoms with van der Waals surface area (Å²) in [5, 5.41) is 10.9. The number of benzene rings is 3. The molecule has 3 heterocycles. The van der Waals surface area contributed by atoms with Crippen molar-refractivity contribution in [3.05, 3.63) is 133 Å². The molecular formula is C41H47N3O5. The second-order valence-corrected chi connectivity index (χ2v) is 13.6. The van der Waals surface area contributed by atoms with Gasteiger partial charge in [0.15, 0.2) is 0 Å². The Morgan fingerprint density at radius 3 is 1.86 bits per heavy atom. The molecule has 6 atom stereocenters. The Balaban J connectivity index is 1.44. The van der Waals surface area contributed by atoms with E-state index in [1.165, 1.54) is 0 Å².